The van der Waals surface area contributed by atoms with Crippen LogP contribution in [0, 0.1) is 17.2 Å². The lowest BCUT2D eigenvalue weighted by Crippen LogP contribution is -2.13. The van der Waals surface area contributed by atoms with Crippen LogP contribution in [0.5, 0.6) is 0 Å². The molecule has 2 aliphatic rings. The highest BCUT2D eigenvalue weighted by molar-refractivity contribution is 5.78. The van der Waals surface area contributed by atoms with Gasteiger partial charge in [0.25, 0.3) is 0 Å². The highest BCUT2D eigenvalue weighted by atomic mass is 15.1. The zero-order valence-electron chi connectivity index (χ0n) is 12.4. The molecule has 1 heterocycles. The van der Waals surface area contributed by atoms with Crippen LogP contribution < -0.4 is 0 Å². The minimum Gasteiger partial charge on any atom is -0.325 e. The van der Waals surface area contributed by atoms with E-state index in [1.165, 1.54) is 56.3 Å². The predicted octanol–water partition coefficient (Wildman–Crippen LogP) is 4.37. The van der Waals surface area contributed by atoms with E-state index in [1.54, 1.807) is 0 Å². The Bertz CT molecular complexity index is 697. The number of benzene rings is 1. The van der Waals surface area contributed by atoms with Gasteiger partial charge in [0.2, 0.25) is 0 Å². The smallest absolute Gasteiger partial charge is 0.110 e. The van der Waals surface area contributed by atoms with Gasteiger partial charge in [-0.25, -0.2) is 4.98 Å². The van der Waals surface area contributed by atoms with E-state index in [0.717, 1.165) is 17.9 Å². The van der Waals surface area contributed by atoms with Gasteiger partial charge in [-0.1, -0.05) is 32.1 Å². The molecule has 2 saturated carbocycles. The molecule has 2 aromatic rings. The summed E-state index contributed by atoms with van der Waals surface area (Å²) in [5.41, 5.74) is 2.95. The van der Waals surface area contributed by atoms with Crippen LogP contribution in [-0.4, -0.2) is 9.55 Å². The molecule has 2 fully saturated rings. The zero-order chi connectivity index (χ0) is 14.2. The summed E-state index contributed by atoms with van der Waals surface area (Å²) in [4.78, 5) is 4.89. The zero-order valence-corrected chi connectivity index (χ0v) is 12.4. The van der Waals surface area contributed by atoms with Crippen LogP contribution in [0.15, 0.2) is 18.2 Å². The Morgan fingerprint density at radius 2 is 1.95 bits per heavy atom. The first kappa shape index (κ1) is 12.9. The van der Waals surface area contributed by atoms with Gasteiger partial charge in [0.15, 0.2) is 0 Å². The Morgan fingerprint density at radius 3 is 2.67 bits per heavy atom. The summed E-state index contributed by atoms with van der Waals surface area (Å²) < 4.78 is 2.46. The van der Waals surface area contributed by atoms with Gasteiger partial charge in [0.1, 0.15) is 5.82 Å². The molecule has 0 spiro atoms. The van der Waals surface area contributed by atoms with E-state index in [1.807, 2.05) is 12.1 Å². The van der Waals surface area contributed by atoms with Crippen LogP contribution in [0.3, 0.4) is 0 Å². The van der Waals surface area contributed by atoms with E-state index in [9.17, 15) is 0 Å². The van der Waals surface area contributed by atoms with Gasteiger partial charge >= 0.3 is 0 Å². The fourth-order valence-corrected chi connectivity index (χ4v) is 3.75. The molecule has 1 aromatic carbocycles. The van der Waals surface area contributed by atoms with Crippen LogP contribution >= 0.6 is 0 Å². The Labute approximate surface area is 125 Å². The quantitative estimate of drug-likeness (QED) is 0.837. The average Bonchev–Trinajstić information content (AvgIpc) is 3.29. The lowest BCUT2D eigenvalue weighted by atomic mass is 9.87. The Balaban J connectivity index is 1.72. The molecule has 3 nitrogen and oxygen atoms in total. The molecule has 1 aromatic heterocycles. The summed E-state index contributed by atoms with van der Waals surface area (Å²) in [6.45, 7) is 0. The number of nitriles is 1. The first-order chi connectivity index (χ1) is 10.3. The van der Waals surface area contributed by atoms with E-state index in [0.29, 0.717) is 11.6 Å². The van der Waals surface area contributed by atoms with Crippen molar-refractivity contribution in [2.45, 2.75) is 57.4 Å². The van der Waals surface area contributed by atoms with Gasteiger partial charge in [-0.15, -0.1) is 0 Å². The summed E-state index contributed by atoms with van der Waals surface area (Å²) >= 11 is 0. The molecule has 21 heavy (non-hydrogen) atoms. The third kappa shape index (κ3) is 2.44. The summed E-state index contributed by atoms with van der Waals surface area (Å²) in [5.74, 6) is 2.07. The maximum absolute atomic E-state index is 9.07. The third-order valence-electron chi connectivity index (χ3n) is 5.00. The molecular weight excluding hydrogens is 258 g/mol. The largest absolute Gasteiger partial charge is 0.325 e. The van der Waals surface area contributed by atoms with Gasteiger partial charge < -0.3 is 4.57 Å². The van der Waals surface area contributed by atoms with Gasteiger partial charge in [0.05, 0.1) is 22.7 Å². The topological polar surface area (TPSA) is 41.6 Å². The molecule has 0 atom stereocenters. The summed E-state index contributed by atoms with van der Waals surface area (Å²) in [5, 5.41) is 9.07. The summed E-state index contributed by atoms with van der Waals surface area (Å²) in [7, 11) is 0. The highest BCUT2D eigenvalue weighted by Gasteiger charge is 2.29. The van der Waals surface area contributed by atoms with Crippen molar-refractivity contribution in [2.75, 3.05) is 0 Å². The molecule has 0 bridgehead atoms. The molecule has 0 N–H and O–H groups in total. The average molecular weight is 279 g/mol. The van der Waals surface area contributed by atoms with E-state index >= 15 is 0 Å². The number of nitrogens with zero attached hydrogens (tertiary/aromatic N) is 3. The molecule has 0 radical (unpaired) electrons. The molecule has 2 aliphatic carbocycles. The number of hydrogen-bond donors (Lipinski definition) is 0. The van der Waals surface area contributed by atoms with Crippen molar-refractivity contribution in [1.82, 2.24) is 9.55 Å². The Hall–Kier alpha value is -1.82. The van der Waals surface area contributed by atoms with Crippen LogP contribution in [-0.2, 0) is 6.42 Å². The first-order valence-electron chi connectivity index (χ1n) is 8.26. The fraction of sp³-hybridized carbons (Fsp3) is 0.556. The minimum atomic E-state index is 0.654. The number of fused-ring (bicyclic) bond motifs is 1. The number of aromatic nitrogens is 2. The molecule has 3 heteroatoms. The fourth-order valence-electron chi connectivity index (χ4n) is 3.75. The second kappa shape index (κ2) is 5.18. The van der Waals surface area contributed by atoms with Gasteiger partial charge in [0, 0.05) is 12.5 Å². The summed E-state index contributed by atoms with van der Waals surface area (Å²) in [6.07, 6.45) is 10.6. The number of rotatable bonds is 3. The number of imidazole rings is 1. The van der Waals surface area contributed by atoms with Crippen molar-refractivity contribution in [3.05, 3.63) is 29.6 Å². The molecular formula is C18H21N3. The van der Waals surface area contributed by atoms with Crippen molar-refractivity contribution >= 4 is 11.0 Å². The van der Waals surface area contributed by atoms with Crippen LogP contribution in [0.2, 0.25) is 0 Å². The van der Waals surface area contributed by atoms with E-state index in [4.69, 9.17) is 10.2 Å². The van der Waals surface area contributed by atoms with Gasteiger partial charge in [-0.3, -0.25) is 0 Å². The Morgan fingerprint density at radius 1 is 1.14 bits per heavy atom. The predicted molar refractivity (Wildman–Crippen MR) is 83.0 cm³/mol. The van der Waals surface area contributed by atoms with Gasteiger partial charge in [-0.05, 0) is 37.0 Å². The molecule has 0 saturated heterocycles. The van der Waals surface area contributed by atoms with Crippen LogP contribution in [0.4, 0.5) is 0 Å². The number of hydrogen-bond acceptors (Lipinski definition) is 2. The SMILES string of the molecule is N#Cc1ccc2c(c1)nc(CC1CCCCC1)n2C1CC1. The van der Waals surface area contributed by atoms with E-state index in [2.05, 4.69) is 16.7 Å². The molecule has 0 aliphatic heterocycles. The summed E-state index contributed by atoms with van der Waals surface area (Å²) in [6, 6.07) is 8.83. The third-order valence-corrected chi connectivity index (χ3v) is 5.00. The molecule has 108 valence electrons. The highest BCUT2D eigenvalue weighted by Crippen LogP contribution is 2.40. The lowest BCUT2D eigenvalue weighted by molar-refractivity contribution is 0.348. The van der Waals surface area contributed by atoms with Crippen molar-refractivity contribution in [1.29, 1.82) is 5.26 Å². The molecule has 4 rings (SSSR count). The van der Waals surface area contributed by atoms with Crippen molar-refractivity contribution in [3.63, 3.8) is 0 Å². The molecule has 0 unspecified atom stereocenters. The van der Waals surface area contributed by atoms with Crippen LogP contribution in [0.1, 0.15) is 62.4 Å². The maximum Gasteiger partial charge on any atom is 0.110 e. The van der Waals surface area contributed by atoms with Gasteiger partial charge in [-0.2, -0.15) is 5.26 Å². The second-order valence-electron chi connectivity index (χ2n) is 6.65. The maximum atomic E-state index is 9.07. The minimum absolute atomic E-state index is 0.654. The van der Waals surface area contributed by atoms with Crippen LogP contribution in [0.25, 0.3) is 11.0 Å². The normalized spacial score (nSPS) is 19.8. The standard InChI is InChI=1S/C18H21N3/c19-12-14-6-9-17-16(10-14)20-18(21(17)15-7-8-15)11-13-4-2-1-3-5-13/h6,9-10,13,15H,1-5,7-8,11H2. The van der Waals surface area contributed by atoms with Crippen molar-refractivity contribution < 1.29 is 0 Å². The van der Waals surface area contributed by atoms with E-state index < -0.39 is 0 Å². The lowest BCUT2D eigenvalue weighted by Gasteiger charge is -2.21. The first-order valence-corrected chi connectivity index (χ1v) is 8.26. The van der Waals surface area contributed by atoms with Crippen molar-refractivity contribution in [3.8, 4) is 6.07 Å². The Kier molecular flexibility index (Phi) is 3.18. The monoisotopic (exact) mass is 279 g/mol. The van der Waals surface area contributed by atoms with Crippen molar-refractivity contribution in [2.24, 2.45) is 5.92 Å². The van der Waals surface area contributed by atoms with E-state index in [-0.39, 0.29) is 0 Å². The molecule has 0 amide bonds. The second-order valence-corrected chi connectivity index (χ2v) is 6.65.